The Morgan fingerprint density at radius 1 is 1.57 bits per heavy atom. The molecule has 0 saturated heterocycles. The van der Waals surface area contributed by atoms with Crippen molar-refractivity contribution in [3.05, 3.63) is 22.7 Å². The van der Waals surface area contributed by atoms with Gasteiger partial charge in [0, 0.05) is 33.8 Å². The van der Waals surface area contributed by atoms with E-state index in [4.69, 9.17) is 5.73 Å². The van der Waals surface area contributed by atoms with Crippen LogP contribution in [0.25, 0.3) is 0 Å². The van der Waals surface area contributed by atoms with Gasteiger partial charge in [-0.25, -0.2) is 0 Å². The van der Waals surface area contributed by atoms with Crippen LogP contribution in [-0.4, -0.2) is 22.8 Å². The molecule has 0 radical (unpaired) electrons. The largest absolute Gasteiger partial charge is 0.397 e. The molecule has 1 atom stereocenters. The molecule has 0 heterocycles. The molecule has 78 valence electrons. The molecule has 14 heavy (non-hydrogen) atoms. The quantitative estimate of drug-likeness (QED) is 0.825. The standard InChI is InChI=1S/C9H13BrN2OS/c1-14(13)5-4-12-9-3-2-7(10)6-8(9)11/h2-3,6,12H,4-5,11H2,1H3. The molecule has 0 saturated carbocycles. The summed E-state index contributed by atoms with van der Waals surface area (Å²) in [6, 6.07) is 5.66. The number of rotatable bonds is 4. The summed E-state index contributed by atoms with van der Waals surface area (Å²) < 4.78 is 11.8. The Balaban J connectivity index is 2.55. The van der Waals surface area contributed by atoms with Gasteiger partial charge in [-0.3, -0.25) is 4.21 Å². The second-order valence-electron chi connectivity index (χ2n) is 2.94. The topological polar surface area (TPSA) is 55.1 Å². The number of nitrogens with one attached hydrogen (secondary N) is 1. The van der Waals surface area contributed by atoms with Gasteiger partial charge in [-0.05, 0) is 18.2 Å². The van der Waals surface area contributed by atoms with Crippen LogP contribution >= 0.6 is 15.9 Å². The van der Waals surface area contributed by atoms with Crippen LogP contribution < -0.4 is 11.1 Å². The average molecular weight is 277 g/mol. The summed E-state index contributed by atoms with van der Waals surface area (Å²) in [5.74, 6) is 0.634. The smallest absolute Gasteiger partial charge is 0.0575 e. The molecule has 3 nitrogen and oxygen atoms in total. The van der Waals surface area contributed by atoms with Crippen molar-refractivity contribution in [2.24, 2.45) is 0 Å². The highest BCUT2D eigenvalue weighted by atomic mass is 79.9. The van der Waals surface area contributed by atoms with E-state index >= 15 is 0 Å². The first-order valence-electron chi connectivity index (χ1n) is 4.18. The minimum absolute atomic E-state index is 0.634. The average Bonchev–Trinajstić information content (AvgIpc) is 2.08. The summed E-state index contributed by atoms with van der Waals surface area (Å²) in [5.41, 5.74) is 7.35. The molecule has 1 rings (SSSR count). The number of hydrogen-bond acceptors (Lipinski definition) is 3. The van der Waals surface area contributed by atoms with Crippen LogP contribution in [0.2, 0.25) is 0 Å². The molecule has 1 unspecified atom stereocenters. The highest BCUT2D eigenvalue weighted by Crippen LogP contribution is 2.22. The first-order chi connectivity index (χ1) is 6.59. The van der Waals surface area contributed by atoms with Crippen LogP contribution in [0.15, 0.2) is 22.7 Å². The van der Waals surface area contributed by atoms with Crippen molar-refractivity contribution in [1.29, 1.82) is 0 Å². The zero-order chi connectivity index (χ0) is 10.6. The van der Waals surface area contributed by atoms with Gasteiger partial charge in [0.15, 0.2) is 0 Å². The zero-order valence-electron chi connectivity index (χ0n) is 7.92. The predicted molar refractivity (Wildman–Crippen MR) is 66.0 cm³/mol. The summed E-state index contributed by atoms with van der Waals surface area (Å²) in [4.78, 5) is 0. The first-order valence-corrected chi connectivity index (χ1v) is 6.70. The molecule has 0 fully saturated rings. The number of benzene rings is 1. The van der Waals surface area contributed by atoms with Crippen molar-refractivity contribution in [2.45, 2.75) is 0 Å². The number of anilines is 2. The van der Waals surface area contributed by atoms with E-state index in [1.54, 1.807) is 6.26 Å². The van der Waals surface area contributed by atoms with Crippen molar-refractivity contribution in [3.63, 3.8) is 0 Å². The lowest BCUT2D eigenvalue weighted by Gasteiger charge is -2.08. The summed E-state index contributed by atoms with van der Waals surface area (Å²) in [7, 11) is -0.763. The van der Waals surface area contributed by atoms with Gasteiger partial charge in [0.2, 0.25) is 0 Å². The van der Waals surface area contributed by atoms with Crippen LogP contribution in [0.5, 0.6) is 0 Å². The fourth-order valence-corrected chi connectivity index (χ4v) is 1.79. The highest BCUT2D eigenvalue weighted by Gasteiger charge is 1.99. The maximum atomic E-state index is 10.8. The third-order valence-corrected chi connectivity index (χ3v) is 2.99. The van der Waals surface area contributed by atoms with Crippen molar-refractivity contribution in [3.8, 4) is 0 Å². The molecule has 1 aromatic carbocycles. The van der Waals surface area contributed by atoms with Crippen molar-refractivity contribution in [1.82, 2.24) is 0 Å². The molecule has 0 spiro atoms. The molecular formula is C9H13BrN2OS. The molecule has 0 bridgehead atoms. The molecule has 3 N–H and O–H groups in total. The SMILES string of the molecule is CS(=O)CCNc1ccc(Br)cc1N. The van der Waals surface area contributed by atoms with Crippen LogP contribution in [0.1, 0.15) is 0 Å². The third kappa shape index (κ3) is 3.67. The first kappa shape index (κ1) is 11.5. The van der Waals surface area contributed by atoms with E-state index in [-0.39, 0.29) is 0 Å². The van der Waals surface area contributed by atoms with Gasteiger partial charge in [0.05, 0.1) is 11.4 Å². The number of halogens is 1. The van der Waals surface area contributed by atoms with Crippen LogP contribution in [0, 0.1) is 0 Å². The minimum atomic E-state index is -0.763. The maximum absolute atomic E-state index is 10.8. The van der Waals surface area contributed by atoms with E-state index in [2.05, 4.69) is 21.2 Å². The van der Waals surface area contributed by atoms with Crippen LogP contribution in [-0.2, 0) is 10.8 Å². The van der Waals surface area contributed by atoms with E-state index in [0.29, 0.717) is 18.0 Å². The van der Waals surface area contributed by atoms with E-state index in [0.717, 1.165) is 10.2 Å². The monoisotopic (exact) mass is 276 g/mol. The Morgan fingerprint density at radius 3 is 2.86 bits per heavy atom. The van der Waals surface area contributed by atoms with Gasteiger partial charge in [-0.2, -0.15) is 0 Å². The fourth-order valence-electron chi connectivity index (χ4n) is 1.02. The van der Waals surface area contributed by atoms with Gasteiger partial charge >= 0.3 is 0 Å². The molecule has 5 heteroatoms. The summed E-state index contributed by atoms with van der Waals surface area (Å²) in [6.07, 6.45) is 1.69. The lowest BCUT2D eigenvalue weighted by atomic mass is 10.3. The summed E-state index contributed by atoms with van der Waals surface area (Å²) in [5, 5.41) is 3.13. The maximum Gasteiger partial charge on any atom is 0.0575 e. The van der Waals surface area contributed by atoms with E-state index in [9.17, 15) is 4.21 Å². The summed E-state index contributed by atoms with van der Waals surface area (Å²) in [6.45, 7) is 0.676. The van der Waals surface area contributed by atoms with E-state index in [1.165, 1.54) is 0 Å². The molecule has 0 amide bonds. The van der Waals surface area contributed by atoms with Crippen molar-refractivity contribution < 1.29 is 4.21 Å². The minimum Gasteiger partial charge on any atom is -0.397 e. The van der Waals surface area contributed by atoms with E-state index in [1.807, 2.05) is 18.2 Å². The van der Waals surface area contributed by atoms with Crippen LogP contribution in [0.3, 0.4) is 0 Å². The second kappa shape index (κ2) is 5.36. The van der Waals surface area contributed by atoms with Crippen molar-refractivity contribution in [2.75, 3.05) is 29.6 Å². The van der Waals surface area contributed by atoms with Gasteiger partial charge in [0.25, 0.3) is 0 Å². The molecule has 0 aromatic heterocycles. The predicted octanol–water partition coefficient (Wildman–Crippen LogP) is 1.82. The molecule has 0 aliphatic carbocycles. The summed E-state index contributed by atoms with van der Waals surface area (Å²) >= 11 is 3.33. The lowest BCUT2D eigenvalue weighted by molar-refractivity contribution is 0.687. The van der Waals surface area contributed by atoms with Gasteiger partial charge in [0.1, 0.15) is 0 Å². The Kier molecular flexibility index (Phi) is 4.41. The number of hydrogen-bond donors (Lipinski definition) is 2. The Hall–Kier alpha value is -0.550. The Labute approximate surface area is 94.7 Å². The van der Waals surface area contributed by atoms with E-state index < -0.39 is 10.8 Å². The molecule has 0 aliphatic rings. The van der Waals surface area contributed by atoms with Crippen molar-refractivity contribution >= 4 is 38.1 Å². The molecule has 0 aliphatic heterocycles. The van der Waals surface area contributed by atoms with Gasteiger partial charge < -0.3 is 11.1 Å². The highest BCUT2D eigenvalue weighted by molar-refractivity contribution is 9.10. The zero-order valence-corrected chi connectivity index (χ0v) is 10.3. The molecule has 1 aromatic rings. The van der Waals surface area contributed by atoms with Gasteiger partial charge in [-0.15, -0.1) is 0 Å². The molecular weight excluding hydrogens is 264 g/mol. The third-order valence-electron chi connectivity index (χ3n) is 1.72. The Morgan fingerprint density at radius 2 is 2.29 bits per heavy atom. The second-order valence-corrected chi connectivity index (χ2v) is 5.41. The lowest BCUT2D eigenvalue weighted by Crippen LogP contribution is -2.10. The fraction of sp³-hybridized carbons (Fsp3) is 0.333. The number of nitrogens with two attached hydrogens (primary N) is 1. The number of nitrogen functional groups attached to an aromatic ring is 1. The Bertz CT molecular complexity index is 344. The van der Waals surface area contributed by atoms with Gasteiger partial charge in [-0.1, -0.05) is 15.9 Å². The van der Waals surface area contributed by atoms with Crippen LogP contribution in [0.4, 0.5) is 11.4 Å². The normalized spacial score (nSPS) is 12.4.